The van der Waals surface area contributed by atoms with E-state index in [-0.39, 0.29) is 12.2 Å². The number of likely N-dealkylation sites (N-methyl/N-ethyl adjacent to an activating group) is 1. The van der Waals surface area contributed by atoms with Gasteiger partial charge in [0.2, 0.25) is 0 Å². The number of aromatic nitrogens is 2. The van der Waals surface area contributed by atoms with Crippen molar-refractivity contribution in [3.05, 3.63) is 56.4 Å². The van der Waals surface area contributed by atoms with E-state index in [1.165, 1.54) is 4.88 Å². The van der Waals surface area contributed by atoms with Gasteiger partial charge in [-0.05, 0) is 37.6 Å². The number of hydrogen-bond donors (Lipinski definition) is 1. The van der Waals surface area contributed by atoms with Gasteiger partial charge in [-0.3, -0.25) is 9.69 Å². The van der Waals surface area contributed by atoms with Gasteiger partial charge in [0, 0.05) is 18.0 Å². The zero-order valence-corrected chi connectivity index (χ0v) is 15.8. The lowest BCUT2D eigenvalue weighted by molar-refractivity contribution is 0.272. The van der Waals surface area contributed by atoms with Crippen molar-refractivity contribution < 1.29 is 4.74 Å². The average Bonchev–Trinajstić information content (AvgIpc) is 3.02. The molecule has 0 atom stereocenters. The fourth-order valence-electron chi connectivity index (χ4n) is 3.30. The molecule has 2 aromatic heterocycles. The number of thiophene rings is 1. The van der Waals surface area contributed by atoms with Crippen LogP contribution in [0.1, 0.15) is 28.8 Å². The van der Waals surface area contributed by atoms with Crippen LogP contribution in [0, 0.1) is 6.92 Å². The van der Waals surface area contributed by atoms with Crippen LogP contribution in [-0.2, 0) is 19.6 Å². The van der Waals surface area contributed by atoms with Crippen LogP contribution in [0.5, 0.6) is 5.75 Å². The summed E-state index contributed by atoms with van der Waals surface area (Å²) in [5.41, 5.74) is 2.11. The molecule has 26 heavy (non-hydrogen) atoms. The van der Waals surface area contributed by atoms with Crippen molar-refractivity contribution in [2.75, 3.05) is 18.9 Å². The molecule has 1 aliphatic rings. The van der Waals surface area contributed by atoms with Crippen LogP contribution in [0.15, 0.2) is 29.1 Å². The van der Waals surface area contributed by atoms with Crippen molar-refractivity contribution in [2.24, 2.45) is 0 Å². The summed E-state index contributed by atoms with van der Waals surface area (Å²) in [5, 5.41) is 0.683. The SMILES string of the molecule is CCN1CCc2c(sc3nc(COc4ccc(C)cc4)n(N)c(=O)c23)C1. The summed E-state index contributed by atoms with van der Waals surface area (Å²) < 4.78 is 6.90. The third-order valence-electron chi connectivity index (χ3n) is 4.89. The Hall–Kier alpha value is -2.38. The Morgan fingerprint density at radius 1 is 1.31 bits per heavy atom. The fraction of sp³-hybridized carbons (Fsp3) is 0.368. The molecule has 4 rings (SSSR count). The predicted octanol–water partition coefficient (Wildman–Crippen LogP) is 2.44. The van der Waals surface area contributed by atoms with Gasteiger partial charge in [0.25, 0.3) is 5.56 Å². The van der Waals surface area contributed by atoms with Crippen molar-refractivity contribution in [2.45, 2.75) is 33.4 Å². The molecule has 0 amide bonds. The zero-order valence-electron chi connectivity index (χ0n) is 15.0. The lowest BCUT2D eigenvalue weighted by Gasteiger charge is -2.24. The smallest absolute Gasteiger partial charge is 0.281 e. The molecule has 0 radical (unpaired) electrons. The molecule has 7 heteroatoms. The number of benzene rings is 1. The molecule has 136 valence electrons. The number of hydrogen-bond acceptors (Lipinski definition) is 6. The number of aryl methyl sites for hydroxylation is 1. The molecule has 2 N–H and O–H groups in total. The first-order valence-electron chi connectivity index (χ1n) is 8.80. The number of ether oxygens (including phenoxy) is 1. The molecule has 3 heterocycles. The molecule has 1 aromatic carbocycles. The van der Waals surface area contributed by atoms with Crippen LogP contribution in [-0.4, -0.2) is 27.6 Å². The van der Waals surface area contributed by atoms with E-state index >= 15 is 0 Å². The number of nitrogen functional groups attached to an aromatic ring is 1. The molecular weight excluding hydrogens is 348 g/mol. The van der Waals surface area contributed by atoms with Gasteiger partial charge in [0.05, 0.1) is 5.39 Å². The summed E-state index contributed by atoms with van der Waals surface area (Å²) in [6.45, 7) is 7.20. The topological polar surface area (TPSA) is 73.4 Å². The first kappa shape index (κ1) is 17.1. The summed E-state index contributed by atoms with van der Waals surface area (Å²) in [4.78, 5) is 21.8. The first-order chi connectivity index (χ1) is 12.6. The Morgan fingerprint density at radius 2 is 2.08 bits per heavy atom. The molecule has 3 aromatic rings. The molecule has 0 saturated heterocycles. The normalized spacial score (nSPS) is 14.5. The molecular formula is C19H22N4O2S. The minimum absolute atomic E-state index is 0.161. The second-order valence-corrected chi connectivity index (χ2v) is 7.69. The van der Waals surface area contributed by atoms with E-state index < -0.39 is 0 Å². The molecule has 6 nitrogen and oxygen atoms in total. The quantitative estimate of drug-likeness (QED) is 0.714. The van der Waals surface area contributed by atoms with Gasteiger partial charge in [0.1, 0.15) is 17.2 Å². The Balaban J connectivity index is 1.67. The first-order valence-corrected chi connectivity index (χ1v) is 9.61. The standard InChI is InChI=1S/C19H22N4O2S/c1-3-22-9-8-14-15(10-22)26-18-17(14)19(24)23(20)16(21-18)11-25-13-6-4-12(2)5-7-13/h4-7H,3,8-11,20H2,1-2H3. The van der Waals surface area contributed by atoms with Crippen LogP contribution < -0.4 is 16.1 Å². The van der Waals surface area contributed by atoms with Crippen LogP contribution in [0.2, 0.25) is 0 Å². The highest BCUT2D eigenvalue weighted by atomic mass is 32.1. The highest BCUT2D eigenvalue weighted by Gasteiger charge is 2.24. The van der Waals surface area contributed by atoms with Crippen LogP contribution in [0.3, 0.4) is 0 Å². The molecule has 0 unspecified atom stereocenters. The third-order valence-corrected chi connectivity index (χ3v) is 6.01. The largest absolute Gasteiger partial charge is 0.486 e. The second-order valence-electron chi connectivity index (χ2n) is 6.61. The zero-order chi connectivity index (χ0) is 18.3. The van der Waals surface area contributed by atoms with Crippen molar-refractivity contribution in [3.63, 3.8) is 0 Å². The van der Waals surface area contributed by atoms with Crippen molar-refractivity contribution in [3.8, 4) is 5.75 Å². The molecule has 0 aliphatic carbocycles. The fourth-order valence-corrected chi connectivity index (χ4v) is 4.58. The van der Waals surface area contributed by atoms with Gasteiger partial charge >= 0.3 is 0 Å². The van der Waals surface area contributed by atoms with Crippen molar-refractivity contribution >= 4 is 21.6 Å². The van der Waals surface area contributed by atoms with Gasteiger partial charge in [0.15, 0.2) is 5.82 Å². The van der Waals surface area contributed by atoms with E-state index in [0.717, 1.165) is 52.4 Å². The molecule has 1 aliphatic heterocycles. The van der Waals surface area contributed by atoms with E-state index in [4.69, 9.17) is 10.6 Å². The van der Waals surface area contributed by atoms with Crippen LogP contribution in [0.4, 0.5) is 0 Å². The number of fused-ring (bicyclic) bond motifs is 3. The Kier molecular flexibility index (Phi) is 4.42. The number of rotatable bonds is 4. The lowest BCUT2D eigenvalue weighted by Crippen LogP contribution is -2.33. The Labute approximate surface area is 155 Å². The van der Waals surface area contributed by atoms with Crippen LogP contribution in [0.25, 0.3) is 10.2 Å². The highest BCUT2D eigenvalue weighted by molar-refractivity contribution is 7.18. The van der Waals surface area contributed by atoms with Crippen molar-refractivity contribution in [1.29, 1.82) is 0 Å². The Bertz CT molecular complexity index is 1010. The van der Waals surface area contributed by atoms with Crippen LogP contribution >= 0.6 is 11.3 Å². The summed E-state index contributed by atoms with van der Waals surface area (Å²) in [5.74, 6) is 7.21. The molecule has 0 spiro atoms. The Morgan fingerprint density at radius 3 is 2.81 bits per heavy atom. The molecule has 0 bridgehead atoms. The van der Waals surface area contributed by atoms with E-state index in [1.54, 1.807) is 11.3 Å². The van der Waals surface area contributed by atoms with Gasteiger partial charge in [-0.15, -0.1) is 11.3 Å². The highest BCUT2D eigenvalue weighted by Crippen LogP contribution is 2.32. The maximum Gasteiger partial charge on any atom is 0.281 e. The minimum atomic E-state index is -0.181. The molecule has 0 fully saturated rings. The predicted molar refractivity (Wildman–Crippen MR) is 104 cm³/mol. The summed E-state index contributed by atoms with van der Waals surface area (Å²) in [7, 11) is 0. The van der Waals surface area contributed by atoms with E-state index in [0.29, 0.717) is 11.2 Å². The number of nitrogens with two attached hydrogens (primary N) is 1. The van der Waals surface area contributed by atoms with Gasteiger partial charge in [-0.1, -0.05) is 24.6 Å². The van der Waals surface area contributed by atoms with Gasteiger partial charge in [-0.2, -0.15) is 0 Å². The third kappa shape index (κ3) is 2.97. The molecule has 0 saturated carbocycles. The summed E-state index contributed by atoms with van der Waals surface area (Å²) in [6.07, 6.45) is 0.874. The van der Waals surface area contributed by atoms with E-state index in [9.17, 15) is 4.79 Å². The monoisotopic (exact) mass is 370 g/mol. The number of nitrogens with zero attached hydrogens (tertiary/aromatic N) is 3. The van der Waals surface area contributed by atoms with Crippen molar-refractivity contribution in [1.82, 2.24) is 14.6 Å². The lowest BCUT2D eigenvalue weighted by atomic mass is 10.1. The maximum atomic E-state index is 12.8. The van der Waals surface area contributed by atoms with E-state index in [1.807, 2.05) is 31.2 Å². The second kappa shape index (κ2) is 6.74. The average molecular weight is 370 g/mol. The minimum Gasteiger partial charge on any atom is -0.486 e. The summed E-state index contributed by atoms with van der Waals surface area (Å²) in [6, 6.07) is 7.76. The van der Waals surface area contributed by atoms with E-state index in [2.05, 4.69) is 16.8 Å². The maximum absolute atomic E-state index is 12.8. The van der Waals surface area contributed by atoms with Gasteiger partial charge in [-0.25, -0.2) is 9.66 Å². The van der Waals surface area contributed by atoms with Gasteiger partial charge < -0.3 is 10.6 Å². The summed E-state index contributed by atoms with van der Waals surface area (Å²) >= 11 is 1.60.